The zero-order valence-electron chi connectivity index (χ0n) is 21.3. The number of aromatic nitrogens is 6. The summed E-state index contributed by atoms with van der Waals surface area (Å²) in [6.07, 6.45) is 8.62. The molecule has 2 aliphatic heterocycles. The van der Waals surface area contributed by atoms with Crippen LogP contribution < -0.4 is 10.4 Å². The normalized spacial score (nSPS) is 19.6. The summed E-state index contributed by atoms with van der Waals surface area (Å²) in [4.78, 5) is 22.1. The molecule has 1 N–H and O–H groups in total. The van der Waals surface area contributed by atoms with Gasteiger partial charge in [0.15, 0.2) is 0 Å². The molecule has 6 heterocycles. The first-order valence-electron chi connectivity index (χ1n) is 12.9. The van der Waals surface area contributed by atoms with Crippen molar-refractivity contribution in [1.29, 1.82) is 0 Å². The predicted molar refractivity (Wildman–Crippen MR) is 142 cm³/mol. The Labute approximate surface area is 213 Å². The highest BCUT2D eigenvalue weighted by atomic mass is 16.5. The van der Waals surface area contributed by atoms with E-state index in [0.717, 1.165) is 83.2 Å². The highest BCUT2D eigenvalue weighted by molar-refractivity contribution is 6.14. The number of hydrogen-bond acceptors (Lipinski definition) is 5. The van der Waals surface area contributed by atoms with Gasteiger partial charge in [0, 0.05) is 38.5 Å². The van der Waals surface area contributed by atoms with Crippen LogP contribution in [0.2, 0.25) is 0 Å². The topological polar surface area (TPSA) is 91.9 Å². The van der Waals surface area contributed by atoms with Crippen LogP contribution in [0.3, 0.4) is 0 Å². The molecule has 2 atom stereocenters. The van der Waals surface area contributed by atoms with Gasteiger partial charge in [0.2, 0.25) is 5.88 Å². The molecule has 4 aromatic heterocycles. The summed E-state index contributed by atoms with van der Waals surface area (Å²) in [6.45, 7) is 0.739. The standard InChI is InChI=1S/C28H30N6O3/c1-32-15-20(27(31-32)36-3)24-22-17-8-6-16(7-9-17)5-4-12-37-19-11-10-18(13-19)34-25-21(33(2)28(34)35)14-29-26(30-24)23(22)25/h6-9,14-15,18-19H,4-5,10-13H2,1-3H3,(H,29,30)/t18?,19-/m0/s1. The Kier molecular flexibility index (Phi) is 5.04. The Morgan fingerprint density at radius 1 is 1.16 bits per heavy atom. The average molecular weight is 499 g/mol. The number of nitrogens with one attached hydrogen (secondary N) is 1. The van der Waals surface area contributed by atoms with Gasteiger partial charge >= 0.3 is 5.69 Å². The van der Waals surface area contributed by atoms with E-state index in [-0.39, 0.29) is 17.8 Å². The molecule has 0 spiro atoms. The van der Waals surface area contributed by atoms with Crippen molar-refractivity contribution in [3.05, 3.63) is 52.7 Å². The lowest BCUT2D eigenvalue weighted by Crippen LogP contribution is -2.25. The van der Waals surface area contributed by atoms with Crippen LogP contribution >= 0.6 is 0 Å². The number of hydrogen-bond donors (Lipinski definition) is 1. The number of benzene rings is 1. The van der Waals surface area contributed by atoms with Crippen LogP contribution in [-0.2, 0) is 25.3 Å². The summed E-state index contributed by atoms with van der Waals surface area (Å²) in [5.74, 6) is 0.537. The largest absolute Gasteiger partial charge is 0.479 e. The molecule has 5 aromatic rings. The molecular weight excluding hydrogens is 468 g/mol. The number of aromatic amines is 1. The Bertz CT molecular complexity index is 1700. The van der Waals surface area contributed by atoms with E-state index in [1.807, 2.05) is 24.9 Å². The van der Waals surface area contributed by atoms with E-state index in [1.54, 1.807) is 22.6 Å². The van der Waals surface area contributed by atoms with Gasteiger partial charge in [0.25, 0.3) is 0 Å². The van der Waals surface area contributed by atoms with Crippen LogP contribution in [0.1, 0.15) is 37.3 Å². The first-order chi connectivity index (χ1) is 18.0. The second-order valence-electron chi connectivity index (χ2n) is 10.3. The van der Waals surface area contributed by atoms with Crippen LogP contribution in [0.5, 0.6) is 5.88 Å². The molecule has 1 saturated carbocycles. The van der Waals surface area contributed by atoms with Gasteiger partial charge in [-0.1, -0.05) is 24.3 Å². The number of pyridine rings is 1. The van der Waals surface area contributed by atoms with Gasteiger partial charge in [-0.25, -0.2) is 9.78 Å². The van der Waals surface area contributed by atoms with Crippen LogP contribution in [0.15, 0.2) is 41.5 Å². The SMILES string of the molecule is COc1nn(C)cc1-c1[nH]c2ncc3c4c2c1-c1ccc(cc1)CCCO[C@H]1CCC(C1)n4c(=O)n3C. The van der Waals surface area contributed by atoms with E-state index in [0.29, 0.717) is 5.88 Å². The highest BCUT2D eigenvalue weighted by Crippen LogP contribution is 2.44. The maximum atomic E-state index is 13.7. The Morgan fingerprint density at radius 3 is 2.81 bits per heavy atom. The van der Waals surface area contributed by atoms with E-state index in [1.165, 1.54) is 5.56 Å². The zero-order valence-corrected chi connectivity index (χ0v) is 21.3. The number of methoxy groups -OCH3 is 1. The van der Waals surface area contributed by atoms with Crippen molar-refractivity contribution in [2.75, 3.05) is 13.7 Å². The van der Waals surface area contributed by atoms with Gasteiger partial charge in [-0.15, -0.1) is 5.10 Å². The number of nitrogens with zero attached hydrogens (tertiary/aromatic N) is 5. The second kappa shape index (κ2) is 8.34. The van der Waals surface area contributed by atoms with Gasteiger partial charge in [0.05, 0.1) is 47.1 Å². The number of ether oxygens (including phenoxy) is 2. The smallest absolute Gasteiger partial charge is 0.329 e. The average Bonchev–Trinajstić information content (AvgIpc) is 3.66. The van der Waals surface area contributed by atoms with E-state index >= 15 is 0 Å². The molecule has 0 saturated heterocycles. The van der Waals surface area contributed by atoms with Crippen LogP contribution in [-0.4, -0.2) is 48.7 Å². The number of fused-ring (bicyclic) bond motifs is 5. The lowest BCUT2D eigenvalue weighted by Gasteiger charge is -2.14. The fourth-order valence-electron chi connectivity index (χ4n) is 6.27. The highest BCUT2D eigenvalue weighted by Gasteiger charge is 2.32. The lowest BCUT2D eigenvalue weighted by molar-refractivity contribution is 0.0545. The molecule has 0 radical (unpaired) electrons. The Hall–Kier alpha value is -3.85. The quantitative estimate of drug-likeness (QED) is 0.391. The number of H-pyrrole nitrogens is 1. The van der Waals surface area contributed by atoms with E-state index in [4.69, 9.17) is 14.5 Å². The van der Waals surface area contributed by atoms with Gasteiger partial charge < -0.3 is 14.5 Å². The first-order valence-corrected chi connectivity index (χ1v) is 12.9. The van der Waals surface area contributed by atoms with E-state index in [2.05, 4.69) is 34.3 Å². The maximum Gasteiger partial charge on any atom is 0.329 e. The molecule has 0 amide bonds. The van der Waals surface area contributed by atoms with Gasteiger partial charge in [-0.3, -0.25) is 13.8 Å². The van der Waals surface area contributed by atoms with Crippen LogP contribution in [0.4, 0.5) is 0 Å². The van der Waals surface area contributed by atoms with Gasteiger partial charge in [-0.05, 0) is 43.2 Å². The van der Waals surface area contributed by atoms with Crippen molar-refractivity contribution in [2.45, 2.75) is 44.2 Å². The zero-order chi connectivity index (χ0) is 25.3. The molecule has 1 aliphatic carbocycles. The molecule has 1 fully saturated rings. The number of rotatable bonds is 2. The summed E-state index contributed by atoms with van der Waals surface area (Å²) in [6, 6.07) is 8.80. The molecule has 3 aliphatic rings. The molecule has 9 heteroatoms. The van der Waals surface area contributed by atoms with Crippen LogP contribution in [0, 0.1) is 0 Å². The lowest BCUT2D eigenvalue weighted by atomic mass is 9.97. The second-order valence-corrected chi connectivity index (χ2v) is 10.3. The summed E-state index contributed by atoms with van der Waals surface area (Å²) in [7, 11) is 5.35. The van der Waals surface area contributed by atoms with Crippen molar-refractivity contribution in [2.24, 2.45) is 14.1 Å². The molecule has 1 unspecified atom stereocenters. The van der Waals surface area contributed by atoms with Crippen molar-refractivity contribution >= 4 is 22.1 Å². The molecule has 37 heavy (non-hydrogen) atoms. The molecule has 9 nitrogen and oxygen atoms in total. The molecule has 1 aromatic carbocycles. The van der Waals surface area contributed by atoms with E-state index in [9.17, 15) is 4.79 Å². The minimum Gasteiger partial charge on any atom is -0.479 e. The Balaban J connectivity index is 1.62. The summed E-state index contributed by atoms with van der Waals surface area (Å²) in [5, 5.41) is 5.45. The molecular formula is C28H30N6O3. The number of aryl methyl sites for hydroxylation is 3. The van der Waals surface area contributed by atoms with Crippen molar-refractivity contribution in [1.82, 2.24) is 28.9 Å². The summed E-state index contributed by atoms with van der Waals surface area (Å²) in [5.41, 5.74) is 7.56. The van der Waals surface area contributed by atoms with Crippen LogP contribution in [0.25, 0.3) is 44.5 Å². The fraction of sp³-hybridized carbons (Fsp3) is 0.393. The van der Waals surface area contributed by atoms with Crippen molar-refractivity contribution < 1.29 is 9.47 Å². The molecule has 8 rings (SSSR count). The summed E-state index contributed by atoms with van der Waals surface area (Å²) < 4.78 is 17.4. The van der Waals surface area contributed by atoms with Gasteiger partial charge in [0.1, 0.15) is 5.65 Å². The first kappa shape index (κ1) is 22.4. The third-order valence-electron chi connectivity index (χ3n) is 8.06. The minimum absolute atomic E-state index is 0.0118. The minimum atomic E-state index is -0.0118. The van der Waals surface area contributed by atoms with Gasteiger partial charge in [-0.2, -0.15) is 0 Å². The third kappa shape index (κ3) is 3.37. The molecule has 190 valence electrons. The predicted octanol–water partition coefficient (Wildman–Crippen LogP) is 4.35. The Morgan fingerprint density at radius 2 is 2.00 bits per heavy atom. The summed E-state index contributed by atoms with van der Waals surface area (Å²) >= 11 is 0. The maximum absolute atomic E-state index is 13.7. The third-order valence-corrected chi connectivity index (χ3v) is 8.06. The van der Waals surface area contributed by atoms with Crippen molar-refractivity contribution in [3.63, 3.8) is 0 Å². The van der Waals surface area contributed by atoms with Crippen molar-refractivity contribution in [3.8, 4) is 28.3 Å². The monoisotopic (exact) mass is 498 g/mol. The number of imidazole rings is 1. The fourth-order valence-corrected chi connectivity index (χ4v) is 6.27. The molecule has 4 bridgehead atoms. The van der Waals surface area contributed by atoms with E-state index < -0.39 is 0 Å².